The van der Waals surface area contributed by atoms with Crippen molar-refractivity contribution in [3.8, 4) is 5.75 Å². The minimum atomic E-state index is -0.248. The highest BCUT2D eigenvalue weighted by molar-refractivity contribution is 14.1. The first-order valence-electron chi connectivity index (χ1n) is 6.65. The van der Waals surface area contributed by atoms with Gasteiger partial charge in [-0.1, -0.05) is 0 Å². The summed E-state index contributed by atoms with van der Waals surface area (Å²) in [7, 11) is 0. The molecule has 2 aromatic heterocycles. The Balaban J connectivity index is 2.18. The van der Waals surface area contributed by atoms with Crippen molar-refractivity contribution in [2.75, 3.05) is 0 Å². The van der Waals surface area contributed by atoms with Crippen LogP contribution in [0.1, 0.15) is 34.5 Å². The lowest BCUT2D eigenvalue weighted by molar-refractivity contribution is 0.414. The summed E-state index contributed by atoms with van der Waals surface area (Å²) >= 11 is 2.23. The lowest BCUT2D eigenvalue weighted by atomic mass is 9.93. The van der Waals surface area contributed by atoms with E-state index < -0.39 is 0 Å². The van der Waals surface area contributed by atoms with Gasteiger partial charge in [-0.25, -0.2) is 0 Å². The van der Waals surface area contributed by atoms with E-state index in [9.17, 15) is 5.11 Å². The molecule has 0 aliphatic rings. The molecule has 4 heteroatoms. The van der Waals surface area contributed by atoms with Gasteiger partial charge in [0.2, 0.25) is 0 Å². The standard InChI is InChI=1S/C17H15IO3/c1-10-3-7-15(20-10)17(16-8-4-11(2)21-16)13-9-12(18)5-6-14(13)19/h3-9,17,19H,1-2H3. The van der Waals surface area contributed by atoms with E-state index in [0.29, 0.717) is 0 Å². The van der Waals surface area contributed by atoms with E-state index in [4.69, 9.17) is 8.83 Å². The van der Waals surface area contributed by atoms with Gasteiger partial charge in [-0.05, 0) is 78.9 Å². The van der Waals surface area contributed by atoms with Crippen molar-refractivity contribution in [1.82, 2.24) is 0 Å². The van der Waals surface area contributed by atoms with Gasteiger partial charge in [-0.15, -0.1) is 0 Å². The topological polar surface area (TPSA) is 46.5 Å². The first kappa shape index (κ1) is 14.3. The quantitative estimate of drug-likeness (QED) is 0.638. The zero-order valence-electron chi connectivity index (χ0n) is 11.8. The SMILES string of the molecule is Cc1ccc(C(c2ccc(C)o2)c2cc(I)ccc2O)o1. The van der Waals surface area contributed by atoms with Gasteiger partial charge < -0.3 is 13.9 Å². The van der Waals surface area contributed by atoms with Crippen LogP contribution in [0, 0.1) is 17.4 Å². The second-order valence-electron chi connectivity index (χ2n) is 5.03. The summed E-state index contributed by atoms with van der Waals surface area (Å²) in [5, 5.41) is 10.3. The molecule has 3 rings (SSSR count). The van der Waals surface area contributed by atoms with E-state index in [2.05, 4.69) is 22.6 Å². The number of aromatic hydroxyl groups is 1. The predicted molar refractivity (Wildman–Crippen MR) is 88.7 cm³/mol. The van der Waals surface area contributed by atoms with Crippen LogP contribution in [0.4, 0.5) is 0 Å². The van der Waals surface area contributed by atoms with E-state index >= 15 is 0 Å². The molecule has 1 aromatic carbocycles. The first-order valence-corrected chi connectivity index (χ1v) is 7.73. The van der Waals surface area contributed by atoms with E-state index in [-0.39, 0.29) is 11.7 Å². The van der Waals surface area contributed by atoms with E-state index in [1.165, 1.54) is 0 Å². The summed E-state index contributed by atoms with van der Waals surface area (Å²) in [6.07, 6.45) is 0. The Bertz CT molecular complexity index is 730. The molecule has 0 spiro atoms. The van der Waals surface area contributed by atoms with Crippen molar-refractivity contribution in [3.63, 3.8) is 0 Å². The van der Waals surface area contributed by atoms with Crippen LogP contribution in [-0.2, 0) is 0 Å². The van der Waals surface area contributed by atoms with Gasteiger partial charge in [0.05, 0.1) is 0 Å². The fourth-order valence-corrected chi connectivity index (χ4v) is 2.94. The molecule has 1 N–H and O–H groups in total. The summed E-state index contributed by atoms with van der Waals surface area (Å²) in [6, 6.07) is 13.2. The number of phenolic OH excluding ortho intramolecular Hbond substituents is 1. The fraction of sp³-hybridized carbons (Fsp3) is 0.176. The van der Waals surface area contributed by atoms with E-state index in [0.717, 1.165) is 32.2 Å². The van der Waals surface area contributed by atoms with Crippen LogP contribution in [0.2, 0.25) is 0 Å². The molecule has 0 aliphatic heterocycles. The lowest BCUT2D eigenvalue weighted by Gasteiger charge is -2.15. The van der Waals surface area contributed by atoms with E-state index in [1.807, 2.05) is 50.2 Å². The molecule has 0 aliphatic carbocycles. The Labute approximate surface area is 136 Å². The van der Waals surface area contributed by atoms with Crippen molar-refractivity contribution in [3.05, 3.63) is 74.6 Å². The van der Waals surface area contributed by atoms with Crippen LogP contribution in [0.25, 0.3) is 0 Å². The molecule has 0 unspecified atom stereocenters. The van der Waals surface area contributed by atoms with Gasteiger partial charge in [0, 0.05) is 9.13 Å². The normalized spacial score (nSPS) is 11.2. The molecule has 0 saturated carbocycles. The molecule has 3 aromatic rings. The molecule has 0 bridgehead atoms. The Morgan fingerprint density at radius 2 is 1.48 bits per heavy atom. The van der Waals surface area contributed by atoms with Gasteiger partial charge in [0.1, 0.15) is 34.7 Å². The molecule has 21 heavy (non-hydrogen) atoms. The number of hydrogen-bond donors (Lipinski definition) is 1. The number of aryl methyl sites for hydroxylation is 2. The van der Waals surface area contributed by atoms with Gasteiger partial charge in [0.25, 0.3) is 0 Å². The van der Waals surface area contributed by atoms with Gasteiger partial charge >= 0.3 is 0 Å². The molecule has 0 atom stereocenters. The highest BCUT2D eigenvalue weighted by atomic mass is 127. The van der Waals surface area contributed by atoms with Crippen LogP contribution in [0.3, 0.4) is 0 Å². The third-order valence-electron chi connectivity index (χ3n) is 3.39. The number of phenols is 1. The molecule has 0 radical (unpaired) electrons. The van der Waals surface area contributed by atoms with Gasteiger partial charge in [-0.3, -0.25) is 0 Å². The number of benzene rings is 1. The predicted octanol–water partition coefficient (Wildman–Crippen LogP) is 4.98. The third-order valence-corrected chi connectivity index (χ3v) is 4.06. The molecule has 0 fully saturated rings. The second kappa shape index (κ2) is 5.60. The highest BCUT2D eigenvalue weighted by Gasteiger charge is 2.26. The van der Waals surface area contributed by atoms with Crippen molar-refractivity contribution >= 4 is 22.6 Å². The molecule has 0 saturated heterocycles. The minimum Gasteiger partial charge on any atom is -0.508 e. The smallest absolute Gasteiger partial charge is 0.120 e. The van der Waals surface area contributed by atoms with Crippen LogP contribution in [0.5, 0.6) is 5.75 Å². The zero-order valence-corrected chi connectivity index (χ0v) is 13.9. The number of hydrogen-bond acceptors (Lipinski definition) is 3. The molecular weight excluding hydrogens is 379 g/mol. The maximum absolute atomic E-state index is 10.3. The average Bonchev–Trinajstić information content (AvgIpc) is 3.04. The maximum atomic E-state index is 10.3. The fourth-order valence-electron chi connectivity index (χ4n) is 2.42. The van der Waals surface area contributed by atoms with Crippen LogP contribution in [0.15, 0.2) is 51.3 Å². The van der Waals surface area contributed by atoms with E-state index in [1.54, 1.807) is 6.07 Å². The molecular formula is C17H15IO3. The summed E-state index contributed by atoms with van der Waals surface area (Å²) < 4.78 is 12.6. The van der Waals surface area contributed by atoms with Crippen molar-refractivity contribution < 1.29 is 13.9 Å². The van der Waals surface area contributed by atoms with Crippen molar-refractivity contribution in [2.45, 2.75) is 19.8 Å². The van der Waals surface area contributed by atoms with Crippen LogP contribution < -0.4 is 0 Å². The summed E-state index contributed by atoms with van der Waals surface area (Å²) in [5.41, 5.74) is 0.783. The molecule has 2 heterocycles. The minimum absolute atomic E-state index is 0.239. The lowest BCUT2D eigenvalue weighted by Crippen LogP contribution is -2.02. The maximum Gasteiger partial charge on any atom is 0.120 e. The Morgan fingerprint density at radius 1 is 0.905 bits per heavy atom. The Morgan fingerprint density at radius 3 is 1.95 bits per heavy atom. The molecule has 3 nitrogen and oxygen atoms in total. The molecule has 108 valence electrons. The largest absolute Gasteiger partial charge is 0.508 e. The van der Waals surface area contributed by atoms with Crippen molar-refractivity contribution in [2.24, 2.45) is 0 Å². The van der Waals surface area contributed by atoms with Gasteiger partial charge in [-0.2, -0.15) is 0 Å². The monoisotopic (exact) mass is 394 g/mol. The molecule has 0 amide bonds. The summed E-state index contributed by atoms with van der Waals surface area (Å²) in [4.78, 5) is 0. The third kappa shape index (κ3) is 2.85. The Hall–Kier alpha value is -1.69. The summed E-state index contributed by atoms with van der Waals surface area (Å²) in [5.74, 6) is 3.19. The van der Waals surface area contributed by atoms with Crippen molar-refractivity contribution in [1.29, 1.82) is 0 Å². The Kier molecular flexibility index (Phi) is 3.80. The number of halogens is 1. The average molecular weight is 394 g/mol. The van der Waals surface area contributed by atoms with Gasteiger partial charge in [0.15, 0.2) is 0 Å². The summed E-state index contributed by atoms with van der Waals surface area (Å²) in [6.45, 7) is 3.81. The second-order valence-corrected chi connectivity index (χ2v) is 6.28. The van der Waals surface area contributed by atoms with Crippen LogP contribution in [-0.4, -0.2) is 5.11 Å². The first-order chi connectivity index (χ1) is 10.0. The zero-order chi connectivity index (χ0) is 15.0. The highest BCUT2D eigenvalue weighted by Crippen LogP contribution is 2.38. The number of rotatable bonds is 3. The van der Waals surface area contributed by atoms with Crippen LogP contribution >= 0.6 is 22.6 Å². The number of furan rings is 2.